The lowest BCUT2D eigenvalue weighted by molar-refractivity contribution is -0.138. The Bertz CT molecular complexity index is 309. The molecular formula is C13H22N2O3. The summed E-state index contributed by atoms with van der Waals surface area (Å²) < 4.78 is 0. The van der Waals surface area contributed by atoms with E-state index in [1.807, 2.05) is 0 Å². The van der Waals surface area contributed by atoms with E-state index in [0.29, 0.717) is 12.0 Å². The topological polar surface area (TPSA) is 69.6 Å². The van der Waals surface area contributed by atoms with Gasteiger partial charge in [0.05, 0.1) is 13.1 Å². The molecule has 0 aromatic rings. The summed E-state index contributed by atoms with van der Waals surface area (Å²) in [5.41, 5.74) is 0. The third-order valence-electron chi connectivity index (χ3n) is 3.66. The first kappa shape index (κ1) is 13.3. The second-order valence-electron chi connectivity index (χ2n) is 5.56. The standard InChI is InChI=1S/C13H22N2O3/c16-12(14-11-3-1-2-4-11)8-15(9-13(17)18)7-10-5-6-10/h10-11H,1-9H2,(H,14,16)(H,17,18). The average Bonchev–Trinajstić information content (AvgIpc) is 2.92. The number of amides is 1. The van der Waals surface area contributed by atoms with E-state index in [2.05, 4.69) is 5.32 Å². The third kappa shape index (κ3) is 4.64. The van der Waals surface area contributed by atoms with Gasteiger partial charge in [-0.25, -0.2) is 0 Å². The minimum absolute atomic E-state index is 0.0243. The molecule has 2 fully saturated rings. The molecule has 5 heteroatoms. The highest BCUT2D eigenvalue weighted by Crippen LogP contribution is 2.29. The van der Waals surface area contributed by atoms with Crippen LogP contribution in [0.1, 0.15) is 38.5 Å². The molecule has 5 nitrogen and oxygen atoms in total. The predicted octanol–water partition coefficient (Wildman–Crippen LogP) is 0.842. The summed E-state index contributed by atoms with van der Waals surface area (Å²) in [4.78, 5) is 24.4. The van der Waals surface area contributed by atoms with Crippen molar-refractivity contribution in [3.63, 3.8) is 0 Å². The number of hydrogen-bond donors (Lipinski definition) is 2. The summed E-state index contributed by atoms with van der Waals surface area (Å²) in [5, 5.41) is 11.8. The van der Waals surface area contributed by atoms with Crippen LogP contribution in [0.4, 0.5) is 0 Å². The van der Waals surface area contributed by atoms with E-state index in [0.717, 1.165) is 19.4 Å². The molecule has 0 atom stereocenters. The third-order valence-corrected chi connectivity index (χ3v) is 3.66. The Morgan fingerprint density at radius 1 is 1.11 bits per heavy atom. The minimum atomic E-state index is -0.857. The van der Waals surface area contributed by atoms with Gasteiger partial charge in [0, 0.05) is 12.6 Å². The molecule has 102 valence electrons. The van der Waals surface area contributed by atoms with Crippen LogP contribution in [-0.4, -0.2) is 47.6 Å². The van der Waals surface area contributed by atoms with E-state index in [1.165, 1.54) is 25.7 Å². The van der Waals surface area contributed by atoms with Crippen molar-refractivity contribution in [2.24, 2.45) is 5.92 Å². The number of rotatable bonds is 7. The quantitative estimate of drug-likeness (QED) is 0.706. The van der Waals surface area contributed by atoms with E-state index in [4.69, 9.17) is 5.11 Å². The molecule has 2 aliphatic rings. The van der Waals surface area contributed by atoms with Crippen molar-refractivity contribution in [1.29, 1.82) is 0 Å². The number of carboxylic acids is 1. The SMILES string of the molecule is O=C(O)CN(CC(=O)NC1CCCC1)CC1CC1. The molecule has 0 heterocycles. The lowest BCUT2D eigenvalue weighted by Gasteiger charge is -2.21. The normalized spacial score (nSPS) is 20.3. The first-order valence-electron chi connectivity index (χ1n) is 6.87. The summed E-state index contributed by atoms with van der Waals surface area (Å²) in [6.45, 7) is 0.929. The van der Waals surface area contributed by atoms with Crippen molar-refractivity contribution in [1.82, 2.24) is 10.2 Å². The molecule has 1 amide bonds. The maximum absolute atomic E-state index is 11.8. The molecule has 2 N–H and O–H groups in total. The molecule has 0 spiro atoms. The number of nitrogens with zero attached hydrogens (tertiary/aromatic N) is 1. The van der Waals surface area contributed by atoms with Crippen LogP contribution in [0.5, 0.6) is 0 Å². The van der Waals surface area contributed by atoms with Gasteiger partial charge < -0.3 is 10.4 Å². The van der Waals surface area contributed by atoms with E-state index < -0.39 is 5.97 Å². The Hall–Kier alpha value is -1.10. The Balaban J connectivity index is 1.74. The van der Waals surface area contributed by atoms with Gasteiger partial charge in [-0.1, -0.05) is 12.8 Å². The number of carboxylic acid groups (broad SMARTS) is 1. The number of hydrogen-bond acceptors (Lipinski definition) is 3. The minimum Gasteiger partial charge on any atom is -0.480 e. The molecule has 2 saturated carbocycles. The van der Waals surface area contributed by atoms with Crippen LogP contribution >= 0.6 is 0 Å². The van der Waals surface area contributed by atoms with Crippen molar-refractivity contribution in [3.05, 3.63) is 0 Å². The second-order valence-corrected chi connectivity index (χ2v) is 5.56. The summed E-state index contributed by atoms with van der Waals surface area (Å²) in [5.74, 6) is -0.281. The molecule has 2 aliphatic carbocycles. The van der Waals surface area contributed by atoms with E-state index >= 15 is 0 Å². The maximum Gasteiger partial charge on any atom is 0.317 e. The van der Waals surface area contributed by atoms with Gasteiger partial charge in [0.15, 0.2) is 0 Å². The van der Waals surface area contributed by atoms with E-state index in [-0.39, 0.29) is 19.0 Å². The van der Waals surface area contributed by atoms with Crippen LogP contribution in [0, 0.1) is 5.92 Å². The van der Waals surface area contributed by atoms with Gasteiger partial charge in [-0.3, -0.25) is 14.5 Å². The van der Waals surface area contributed by atoms with Crippen molar-refractivity contribution in [2.45, 2.75) is 44.6 Å². The molecule has 0 aliphatic heterocycles. The summed E-state index contributed by atoms with van der Waals surface area (Å²) in [6, 6.07) is 0.310. The number of carbonyl (C=O) groups excluding carboxylic acids is 1. The van der Waals surface area contributed by atoms with Crippen LogP contribution in [0.3, 0.4) is 0 Å². The fraction of sp³-hybridized carbons (Fsp3) is 0.846. The number of aliphatic carboxylic acids is 1. The molecule has 0 aromatic heterocycles. The van der Waals surface area contributed by atoms with Crippen molar-refractivity contribution in [3.8, 4) is 0 Å². The fourth-order valence-electron chi connectivity index (χ4n) is 2.59. The first-order chi connectivity index (χ1) is 8.63. The Morgan fingerprint density at radius 2 is 1.78 bits per heavy atom. The fourth-order valence-corrected chi connectivity index (χ4v) is 2.59. The molecule has 0 radical (unpaired) electrons. The van der Waals surface area contributed by atoms with Gasteiger partial charge in [0.2, 0.25) is 5.91 Å². The zero-order valence-electron chi connectivity index (χ0n) is 10.7. The van der Waals surface area contributed by atoms with Gasteiger partial charge >= 0.3 is 5.97 Å². The molecule has 18 heavy (non-hydrogen) atoms. The van der Waals surface area contributed by atoms with Crippen LogP contribution < -0.4 is 5.32 Å². The number of carbonyl (C=O) groups is 2. The highest BCUT2D eigenvalue weighted by molar-refractivity contribution is 5.79. The predicted molar refractivity (Wildman–Crippen MR) is 67.2 cm³/mol. The lowest BCUT2D eigenvalue weighted by Crippen LogP contribution is -2.43. The van der Waals surface area contributed by atoms with Crippen molar-refractivity contribution in [2.75, 3.05) is 19.6 Å². The summed E-state index contributed by atoms with van der Waals surface area (Å²) in [6.07, 6.45) is 6.83. The van der Waals surface area contributed by atoms with Crippen molar-refractivity contribution < 1.29 is 14.7 Å². The Morgan fingerprint density at radius 3 is 2.33 bits per heavy atom. The molecule has 2 rings (SSSR count). The van der Waals surface area contributed by atoms with Crippen LogP contribution in [-0.2, 0) is 9.59 Å². The zero-order valence-corrected chi connectivity index (χ0v) is 10.7. The molecule has 0 aromatic carbocycles. The van der Waals surface area contributed by atoms with Gasteiger partial charge in [0.1, 0.15) is 0 Å². The maximum atomic E-state index is 11.8. The van der Waals surface area contributed by atoms with Gasteiger partial charge in [0.25, 0.3) is 0 Å². The molecule has 0 bridgehead atoms. The van der Waals surface area contributed by atoms with Gasteiger partial charge in [-0.15, -0.1) is 0 Å². The average molecular weight is 254 g/mol. The van der Waals surface area contributed by atoms with Gasteiger partial charge in [-0.05, 0) is 31.6 Å². The highest BCUT2D eigenvalue weighted by Gasteiger charge is 2.27. The smallest absolute Gasteiger partial charge is 0.317 e. The van der Waals surface area contributed by atoms with Crippen LogP contribution in [0.25, 0.3) is 0 Å². The first-order valence-corrected chi connectivity index (χ1v) is 6.87. The zero-order chi connectivity index (χ0) is 13.0. The molecule has 0 saturated heterocycles. The summed E-state index contributed by atoms with van der Waals surface area (Å²) >= 11 is 0. The van der Waals surface area contributed by atoms with Gasteiger partial charge in [-0.2, -0.15) is 0 Å². The lowest BCUT2D eigenvalue weighted by atomic mass is 10.2. The molecular weight excluding hydrogens is 232 g/mol. The Kier molecular flexibility index (Phi) is 4.58. The molecule has 0 unspecified atom stereocenters. The van der Waals surface area contributed by atoms with Crippen LogP contribution in [0.15, 0.2) is 0 Å². The van der Waals surface area contributed by atoms with E-state index in [9.17, 15) is 9.59 Å². The number of nitrogens with one attached hydrogen (secondary N) is 1. The second kappa shape index (κ2) is 6.18. The Labute approximate surface area is 108 Å². The summed E-state index contributed by atoms with van der Waals surface area (Å²) in [7, 11) is 0. The van der Waals surface area contributed by atoms with Crippen molar-refractivity contribution >= 4 is 11.9 Å². The largest absolute Gasteiger partial charge is 0.480 e. The van der Waals surface area contributed by atoms with E-state index in [1.54, 1.807) is 4.90 Å². The highest BCUT2D eigenvalue weighted by atomic mass is 16.4. The van der Waals surface area contributed by atoms with Crippen LogP contribution in [0.2, 0.25) is 0 Å². The monoisotopic (exact) mass is 254 g/mol.